The maximum atomic E-state index is 13.0. The quantitative estimate of drug-likeness (QED) is 0.0440. The molecule has 2 atom stereocenters. The van der Waals surface area contributed by atoms with Gasteiger partial charge in [0.1, 0.15) is 24.4 Å². The van der Waals surface area contributed by atoms with E-state index in [-0.39, 0.29) is 57.0 Å². The first kappa shape index (κ1) is 33.0. The molecule has 1 saturated heterocycles. The van der Waals surface area contributed by atoms with Crippen LogP contribution in [0.2, 0.25) is 0 Å². The van der Waals surface area contributed by atoms with Crippen molar-refractivity contribution in [2.45, 2.75) is 38.1 Å². The summed E-state index contributed by atoms with van der Waals surface area (Å²) in [6.45, 7) is 1.40. The summed E-state index contributed by atoms with van der Waals surface area (Å²) in [5, 5.41) is 27.4. The molecule has 0 spiro atoms. The molecule has 2 amide bonds. The van der Waals surface area contributed by atoms with Crippen molar-refractivity contribution < 1.29 is 47.0 Å². The fourth-order valence-electron chi connectivity index (χ4n) is 3.18. The number of anilines is 1. The molecule has 17 nitrogen and oxygen atoms in total. The summed E-state index contributed by atoms with van der Waals surface area (Å²) < 4.78 is 37.0. The van der Waals surface area contributed by atoms with E-state index in [1.807, 2.05) is 0 Å². The van der Waals surface area contributed by atoms with E-state index in [1.54, 1.807) is 0 Å². The zero-order chi connectivity index (χ0) is 29.1. The van der Waals surface area contributed by atoms with Crippen molar-refractivity contribution in [3.63, 3.8) is 0 Å². The Bertz CT molecular complexity index is 1430. The number of rotatable bonds is 11. The molecule has 20 heteroatoms. The van der Waals surface area contributed by atoms with Gasteiger partial charge in [-0.25, -0.2) is 14.1 Å². The van der Waals surface area contributed by atoms with Crippen LogP contribution in [0.4, 0.5) is 10.8 Å². The minimum absolute atomic E-state index is 0. The van der Waals surface area contributed by atoms with Gasteiger partial charge in [0.15, 0.2) is 10.8 Å². The van der Waals surface area contributed by atoms with Crippen molar-refractivity contribution in [2.24, 2.45) is 5.16 Å². The number of carbonyl (C=O) groups is 3. The molecular weight excluding hydrogens is 587 g/mol. The van der Waals surface area contributed by atoms with Gasteiger partial charge in [-0.15, -0.1) is 11.3 Å². The van der Waals surface area contributed by atoms with Gasteiger partial charge < -0.3 is 25.7 Å². The molecule has 0 radical (unpaired) electrons. The van der Waals surface area contributed by atoms with Gasteiger partial charge in [-0.2, -0.15) is 8.42 Å². The number of aliphatic hydroxyl groups excluding tert-OH is 1. The van der Waals surface area contributed by atoms with Gasteiger partial charge >= 0.3 is 45.8 Å². The number of nitrogens with one attached hydrogen (secondary N) is 1. The number of hydrogen-bond acceptors (Lipinski definition) is 14. The molecular formula is C20H23N6NaO11S2. The Labute approximate surface area is 252 Å². The number of oxime groups is 1. The molecule has 1 aliphatic heterocycles. The van der Waals surface area contributed by atoms with Crippen LogP contribution in [0.25, 0.3) is 0 Å². The second kappa shape index (κ2) is 13.0. The number of thiazole rings is 1. The van der Waals surface area contributed by atoms with Crippen LogP contribution >= 0.6 is 11.3 Å². The Hall–Kier alpha value is -3.20. The molecule has 0 bridgehead atoms. The van der Waals surface area contributed by atoms with E-state index >= 15 is 0 Å². The van der Waals surface area contributed by atoms with Crippen molar-refractivity contribution in [1.29, 1.82) is 0 Å². The van der Waals surface area contributed by atoms with E-state index in [9.17, 15) is 38.0 Å². The van der Waals surface area contributed by atoms with Gasteiger partial charge in [0, 0.05) is 17.5 Å². The molecule has 1 fully saturated rings. The zero-order valence-corrected chi connectivity index (χ0v) is 21.8. The molecule has 1 aromatic carbocycles. The molecule has 2 heterocycles. The number of nitrogens with zero attached hydrogens (tertiary/aromatic N) is 4. The summed E-state index contributed by atoms with van der Waals surface area (Å²) in [7, 11) is -4.98. The maximum absolute atomic E-state index is 13.0. The van der Waals surface area contributed by atoms with Crippen LogP contribution in [0.3, 0.4) is 0 Å². The Kier molecular flexibility index (Phi) is 10.7. The molecule has 1 aromatic heterocycles. The van der Waals surface area contributed by atoms with Crippen molar-refractivity contribution >= 4 is 85.5 Å². The number of aromatic nitrogens is 1. The van der Waals surface area contributed by atoms with E-state index in [2.05, 4.69) is 15.5 Å². The second-order valence-corrected chi connectivity index (χ2v) is 10.6. The second-order valence-electron chi connectivity index (χ2n) is 8.43. The van der Waals surface area contributed by atoms with Crippen LogP contribution in [0.15, 0.2) is 34.8 Å². The molecule has 0 saturated carbocycles. The third-order valence-electron chi connectivity index (χ3n) is 5.24. The molecule has 212 valence electrons. The molecule has 1 aliphatic rings. The molecule has 3 rings (SSSR count). The van der Waals surface area contributed by atoms with E-state index in [0.717, 1.165) is 11.3 Å². The van der Waals surface area contributed by atoms with Crippen LogP contribution in [-0.4, -0.2) is 110 Å². The van der Waals surface area contributed by atoms with Crippen molar-refractivity contribution in [2.75, 3.05) is 12.3 Å². The first-order chi connectivity index (χ1) is 18.2. The number of aliphatic hydroxyl groups is 1. The number of nitrogen functional groups attached to an aromatic ring is 1. The Morgan fingerprint density at radius 3 is 2.45 bits per heavy atom. The summed E-state index contributed by atoms with van der Waals surface area (Å²) in [6, 6.07) is 2.26. The molecule has 0 aliphatic carbocycles. The van der Waals surface area contributed by atoms with Crippen molar-refractivity contribution in [3.05, 3.63) is 51.0 Å². The van der Waals surface area contributed by atoms with Gasteiger partial charge in [0.2, 0.25) is 5.60 Å². The number of carbonyl (C=O) groups excluding carboxylic acids is 3. The van der Waals surface area contributed by atoms with E-state index in [0.29, 0.717) is 5.56 Å². The topological polar surface area (TPSA) is 254 Å². The number of hydrogen-bond donors (Lipinski definition) is 4. The standard InChI is InChI=1S/C20H22N6O11S2.Na.H/c1-20(2,18(30)36-8-10-3-5-11(6-4-10)26(31)32)37-24-14(12-9-38-19(21)22-12)16(28)23-15-13(7-27)25(17(15)29)39(33,34)35;;/h3-6,9,13,15,27H,7-8H2,1-2H3,(H2,21,22)(H,23,28)(H,33,34,35);;/b24-14-;;. The van der Waals surface area contributed by atoms with Crippen LogP contribution in [-0.2, 0) is 40.9 Å². The molecule has 40 heavy (non-hydrogen) atoms. The van der Waals surface area contributed by atoms with Gasteiger partial charge in [-0.1, -0.05) is 5.16 Å². The number of nitro groups is 1. The summed E-state index contributed by atoms with van der Waals surface area (Å²) in [5.41, 5.74) is 3.51. The number of benzene rings is 1. The molecule has 2 aromatic rings. The predicted octanol–water partition coefficient (Wildman–Crippen LogP) is -1.28. The Balaban J connectivity index is 0.00000560. The number of nitro benzene ring substituents is 1. The third kappa shape index (κ3) is 7.50. The fourth-order valence-corrected chi connectivity index (χ4v) is 4.60. The zero-order valence-electron chi connectivity index (χ0n) is 20.2. The number of nitrogens with two attached hydrogens (primary N) is 1. The first-order valence-corrected chi connectivity index (χ1v) is 13.0. The van der Waals surface area contributed by atoms with E-state index < -0.39 is 63.0 Å². The normalized spacial score (nSPS) is 17.4. The van der Waals surface area contributed by atoms with E-state index in [4.69, 9.17) is 19.9 Å². The Morgan fingerprint density at radius 2 is 1.95 bits per heavy atom. The number of ether oxygens (including phenoxy) is 1. The summed E-state index contributed by atoms with van der Waals surface area (Å²) in [5.74, 6) is -3.22. The third-order valence-corrected chi connectivity index (χ3v) is 6.87. The Morgan fingerprint density at radius 1 is 1.32 bits per heavy atom. The average molecular weight is 611 g/mol. The summed E-state index contributed by atoms with van der Waals surface area (Å²) in [4.78, 5) is 57.1. The number of β-lactam (4-membered cyclic amide) rings is 1. The van der Waals surface area contributed by atoms with Crippen LogP contribution in [0, 0.1) is 10.1 Å². The van der Waals surface area contributed by atoms with Crippen LogP contribution in [0.1, 0.15) is 25.1 Å². The van der Waals surface area contributed by atoms with Crippen LogP contribution < -0.4 is 11.1 Å². The molecule has 5 N–H and O–H groups in total. The first-order valence-electron chi connectivity index (χ1n) is 10.8. The van der Waals surface area contributed by atoms with Gasteiger partial charge in [0.25, 0.3) is 17.5 Å². The van der Waals surface area contributed by atoms with Crippen LogP contribution in [0.5, 0.6) is 0 Å². The van der Waals surface area contributed by atoms with Crippen molar-refractivity contribution in [1.82, 2.24) is 14.6 Å². The number of amides is 2. The van der Waals surface area contributed by atoms with E-state index in [1.165, 1.54) is 43.5 Å². The van der Waals surface area contributed by atoms with Crippen molar-refractivity contribution in [3.8, 4) is 0 Å². The summed E-state index contributed by atoms with van der Waals surface area (Å²) >= 11 is 0.935. The number of esters is 1. The van der Waals surface area contributed by atoms with Gasteiger partial charge in [-0.3, -0.25) is 24.3 Å². The molecule has 2 unspecified atom stereocenters. The van der Waals surface area contributed by atoms with Gasteiger partial charge in [0.05, 0.1) is 11.5 Å². The van der Waals surface area contributed by atoms with Gasteiger partial charge in [-0.05, 0) is 31.5 Å². The monoisotopic (exact) mass is 610 g/mol. The number of non-ortho nitro benzene ring substituents is 1. The predicted molar refractivity (Wildman–Crippen MR) is 139 cm³/mol. The average Bonchev–Trinajstić information content (AvgIpc) is 3.28. The fraction of sp³-hybridized carbons (Fsp3) is 0.350. The SMILES string of the molecule is CC(C)(O/N=C(\C(=O)NC1C(=O)N(S(=O)(=O)O)C1CO)c1csc(N)n1)C(=O)OCc1ccc([N+](=O)[O-])cc1.[NaH]. The minimum atomic E-state index is -4.98. The summed E-state index contributed by atoms with van der Waals surface area (Å²) in [6.07, 6.45) is 0.